The topological polar surface area (TPSA) is 73.6 Å². The van der Waals surface area contributed by atoms with Gasteiger partial charge in [-0.2, -0.15) is 0 Å². The van der Waals surface area contributed by atoms with Gasteiger partial charge in [0.05, 0.1) is 19.8 Å². The monoisotopic (exact) mass is 286 g/mol. The third kappa shape index (κ3) is 6.54. The average Bonchev–Trinajstić information content (AvgIpc) is 2.40. The van der Waals surface area contributed by atoms with Crippen LogP contribution in [-0.4, -0.2) is 38.8 Å². The molecule has 0 aliphatic carbocycles. The van der Waals surface area contributed by atoms with E-state index in [9.17, 15) is 4.79 Å². The maximum absolute atomic E-state index is 11.4. The highest BCUT2D eigenvalue weighted by Gasteiger charge is 2.11. The molecule has 0 radical (unpaired) electrons. The third-order valence-electron chi connectivity index (χ3n) is 2.41. The van der Waals surface area contributed by atoms with Crippen molar-refractivity contribution in [2.24, 2.45) is 5.73 Å². The summed E-state index contributed by atoms with van der Waals surface area (Å²) in [4.78, 5) is 11.4. The molecule has 3 N–H and O–H groups in total. The second kappa shape index (κ2) is 8.87. The van der Waals surface area contributed by atoms with Crippen LogP contribution in [0.1, 0.15) is 5.56 Å². The SMILES string of the molecule is COCC(N)C(=O)NCCOCc1ccc(Cl)cc1. The number of benzene rings is 1. The smallest absolute Gasteiger partial charge is 0.239 e. The van der Waals surface area contributed by atoms with E-state index in [0.717, 1.165) is 5.56 Å². The normalized spacial score (nSPS) is 12.2. The van der Waals surface area contributed by atoms with Gasteiger partial charge in [-0.15, -0.1) is 0 Å². The van der Waals surface area contributed by atoms with Crippen molar-refractivity contribution in [2.45, 2.75) is 12.6 Å². The minimum atomic E-state index is -0.638. The quantitative estimate of drug-likeness (QED) is 0.698. The molecule has 0 bridgehead atoms. The number of ether oxygens (including phenoxy) is 2. The molecule has 0 heterocycles. The number of rotatable bonds is 8. The molecule has 1 rings (SSSR count). The molecule has 1 unspecified atom stereocenters. The highest BCUT2D eigenvalue weighted by atomic mass is 35.5. The molecule has 0 fully saturated rings. The van der Waals surface area contributed by atoms with E-state index in [2.05, 4.69) is 5.32 Å². The maximum atomic E-state index is 11.4. The summed E-state index contributed by atoms with van der Waals surface area (Å²) in [5, 5.41) is 3.37. The van der Waals surface area contributed by atoms with E-state index in [1.54, 1.807) is 0 Å². The van der Waals surface area contributed by atoms with E-state index in [1.807, 2.05) is 24.3 Å². The molecule has 19 heavy (non-hydrogen) atoms. The van der Waals surface area contributed by atoms with Gasteiger partial charge in [0.2, 0.25) is 5.91 Å². The number of carbonyl (C=O) groups excluding carboxylic acids is 1. The number of amides is 1. The summed E-state index contributed by atoms with van der Waals surface area (Å²) in [6, 6.07) is 6.78. The van der Waals surface area contributed by atoms with Crippen molar-refractivity contribution in [1.29, 1.82) is 0 Å². The molecule has 0 aliphatic rings. The van der Waals surface area contributed by atoms with Crippen LogP contribution >= 0.6 is 11.6 Å². The number of carbonyl (C=O) groups is 1. The summed E-state index contributed by atoms with van der Waals surface area (Å²) in [7, 11) is 1.50. The first-order valence-electron chi connectivity index (χ1n) is 5.98. The van der Waals surface area contributed by atoms with Gasteiger partial charge in [0.25, 0.3) is 0 Å². The number of halogens is 1. The average molecular weight is 287 g/mol. The van der Waals surface area contributed by atoms with Crippen LogP contribution in [0.4, 0.5) is 0 Å². The van der Waals surface area contributed by atoms with Crippen LogP contribution in [0.5, 0.6) is 0 Å². The van der Waals surface area contributed by atoms with E-state index >= 15 is 0 Å². The first kappa shape index (κ1) is 15.9. The van der Waals surface area contributed by atoms with Crippen molar-refractivity contribution in [3.63, 3.8) is 0 Å². The summed E-state index contributed by atoms with van der Waals surface area (Å²) in [6.45, 7) is 1.53. The molecule has 1 aromatic carbocycles. The highest BCUT2D eigenvalue weighted by Crippen LogP contribution is 2.09. The predicted molar refractivity (Wildman–Crippen MR) is 74.0 cm³/mol. The van der Waals surface area contributed by atoms with E-state index in [4.69, 9.17) is 26.8 Å². The van der Waals surface area contributed by atoms with Crippen molar-refractivity contribution in [3.05, 3.63) is 34.9 Å². The van der Waals surface area contributed by atoms with Gasteiger partial charge in [0.15, 0.2) is 0 Å². The largest absolute Gasteiger partial charge is 0.383 e. The second-order valence-corrected chi connectivity index (χ2v) is 4.47. The highest BCUT2D eigenvalue weighted by molar-refractivity contribution is 6.30. The Hall–Kier alpha value is -1.14. The van der Waals surface area contributed by atoms with Crippen LogP contribution in [0.3, 0.4) is 0 Å². The first-order valence-corrected chi connectivity index (χ1v) is 6.35. The number of hydrogen-bond acceptors (Lipinski definition) is 4. The first-order chi connectivity index (χ1) is 9.13. The number of methoxy groups -OCH3 is 1. The van der Waals surface area contributed by atoms with E-state index in [-0.39, 0.29) is 12.5 Å². The molecule has 5 nitrogen and oxygen atoms in total. The minimum absolute atomic E-state index is 0.206. The summed E-state index contributed by atoms with van der Waals surface area (Å²) in [5.74, 6) is -0.239. The van der Waals surface area contributed by atoms with Crippen molar-refractivity contribution in [3.8, 4) is 0 Å². The molecule has 106 valence electrons. The summed E-state index contributed by atoms with van der Waals surface area (Å²) < 4.78 is 10.2. The molecule has 0 aromatic heterocycles. The number of hydrogen-bond donors (Lipinski definition) is 2. The fraction of sp³-hybridized carbons (Fsp3) is 0.462. The van der Waals surface area contributed by atoms with Crippen LogP contribution in [0.15, 0.2) is 24.3 Å². The molecule has 1 atom stereocenters. The summed E-state index contributed by atoms with van der Waals surface area (Å²) >= 11 is 5.78. The van der Waals surface area contributed by atoms with E-state index in [0.29, 0.717) is 24.8 Å². The Morgan fingerprint density at radius 1 is 1.42 bits per heavy atom. The molecule has 0 saturated carbocycles. The number of nitrogens with one attached hydrogen (secondary N) is 1. The Morgan fingerprint density at radius 3 is 2.74 bits per heavy atom. The Kier molecular flexibility index (Phi) is 7.43. The molecule has 1 amide bonds. The molecule has 0 aliphatic heterocycles. The molecule has 6 heteroatoms. The van der Waals surface area contributed by atoms with Crippen molar-refractivity contribution < 1.29 is 14.3 Å². The third-order valence-corrected chi connectivity index (χ3v) is 2.66. The summed E-state index contributed by atoms with van der Waals surface area (Å²) in [5.41, 5.74) is 6.59. The Balaban J connectivity index is 2.11. The van der Waals surface area contributed by atoms with Crippen LogP contribution in [0, 0.1) is 0 Å². The Bertz CT molecular complexity index is 384. The molecule has 0 saturated heterocycles. The lowest BCUT2D eigenvalue weighted by Gasteiger charge is -2.11. The van der Waals surface area contributed by atoms with Gasteiger partial charge in [-0.3, -0.25) is 4.79 Å². The van der Waals surface area contributed by atoms with Crippen LogP contribution in [0.2, 0.25) is 5.02 Å². The van der Waals surface area contributed by atoms with Crippen molar-refractivity contribution in [2.75, 3.05) is 26.9 Å². The lowest BCUT2D eigenvalue weighted by Crippen LogP contribution is -2.44. The second-order valence-electron chi connectivity index (χ2n) is 4.03. The van der Waals surface area contributed by atoms with Gasteiger partial charge in [-0.05, 0) is 17.7 Å². The zero-order chi connectivity index (χ0) is 14.1. The number of nitrogens with two attached hydrogens (primary N) is 1. The zero-order valence-corrected chi connectivity index (χ0v) is 11.7. The van der Waals surface area contributed by atoms with E-state index < -0.39 is 6.04 Å². The molecular formula is C13H19ClN2O3. The van der Waals surface area contributed by atoms with Gasteiger partial charge in [-0.1, -0.05) is 23.7 Å². The van der Waals surface area contributed by atoms with Gasteiger partial charge in [0, 0.05) is 18.7 Å². The lowest BCUT2D eigenvalue weighted by atomic mass is 10.2. The molecule has 1 aromatic rings. The molecule has 0 spiro atoms. The van der Waals surface area contributed by atoms with Gasteiger partial charge in [0.1, 0.15) is 6.04 Å². The van der Waals surface area contributed by atoms with Gasteiger partial charge < -0.3 is 20.5 Å². The van der Waals surface area contributed by atoms with Gasteiger partial charge >= 0.3 is 0 Å². The van der Waals surface area contributed by atoms with Crippen molar-refractivity contribution >= 4 is 17.5 Å². The lowest BCUT2D eigenvalue weighted by molar-refractivity contribution is -0.123. The van der Waals surface area contributed by atoms with Crippen LogP contribution in [0.25, 0.3) is 0 Å². The predicted octanol–water partition coefficient (Wildman–Crippen LogP) is 0.947. The standard InChI is InChI=1S/C13H19ClN2O3/c1-18-9-12(15)13(17)16-6-7-19-8-10-2-4-11(14)5-3-10/h2-5,12H,6-9,15H2,1H3,(H,16,17). The van der Waals surface area contributed by atoms with Crippen molar-refractivity contribution in [1.82, 2.24) is 5.32 Å². The Labute approximate surface area is 118 Å². The molecular weight excluding hydrogens is 268 g/mol. The fourth-order valence-electron chi connectivity index (χ4n) is 1.40. The minimum Gasteiger partial charge on any atom is -0.383 e. The summed E-state index contributed by atoms with van der Waals surface area (Å²) in [6.07, 6.45) is 0. The van der Waals surface area contributed by atoms with Gasteiger partial charge in [-0.25, -0.2) is 0 Å². The maximum Gasteiger partial charge on any atom is 0.239 e. The zero-order valence-electron chi connectivity index (χ0n) is 10.9. The van der Waals surface area contributed by atoms with E-state index in [1.165, 1.54) is 7.11 Å². The fourth-order valence-corrected chi connectivity index (χ4v) is 1.53. The van der Waals surface area contributed by atoms with Crippen LogP contribution in [-0.2, 0) is 20.9 Å². The van der Waals surface area contributed by atoms with Crippen LogP contribution < -0.4 is 11.1 Å². The Morgan fingerprint density at radius 2 is 2.11 bits per heavy atom.